The van der Waals surface area contributed by atoms with Gasteiger partial charge in [0.25, 0.3) is 0 Å². The van der Waals surface area contributed by atoms with Crippen LogP contribution in [0, 0.1) is 0 Å². The lowest BCUT2D eigenvalue weighted by Gasteiger charge is -2.44. The van der Waals surface area contributed by atoms with E-state index in [1.165, 1.54) is 31.5 Å². The molecule has 3 aromatic rings. The number of fused-ring (bicyclic) bond motifs is 1. The van der Waals surface area contributed by atoms with Crippen molar-refractivity contribution in [1.29, 1.82) is 0 Å². The van der Waals surface area contributed by atoms with Crippen molar-refractivity contribution in [2.45, 2.75) is 24.9 Å². The van der Waals surface area contributed by atoms with Crippen LogP contribution >= 0.6 is 0 Å². The van der Waals surface area contributed by atoms with Gasteiger partial charge in [0.15, 0.2) is 0 Å². The highest BCUT2D eigenvalue weighted by molar-refractivity contribution is 5.91. The monoisotopic (exact) mass is 391 g/mol. The SMILES string of the molecule is CN1CCC(N2CCNCC2c2ccc(-c3nc(N)nc4[nH]ccc34)cc2)CC1. The van der Waals surface area contributed by atoms with Gasteiger partial charge in [-0.25, -0.2) is 4.98 Å². The Morgan fingerprint density at radius 1 is 1.03 bits per heavy atom. The molecule has 5 rings (SSSR count). The fraction of sp³-hybridized carbons (Fsp3) is 0.455. The zero-order chi connectivity index (χ0) is 19.8. The molecule has 0 amide bonds. The quantitative estimate of drug-likeness (QED) is 0.635. The zero-order valence-electron chi connectivity index (χ0n) is 16.9. The lowest BCUT2D eigenvalue weighted by Crippen LogP contribution is -2.53. The second-order valence-electron chi connectivity index (χ2n) is 8.28. The molecular weight excluding hydrogens is 362 g/mol. The summed E-state index contributed by atoms with van der Waals surface area (Å²) >= 11 is 0. The van der Waals surface area contributed by atoms with Gasteiger partial charge in [-0.2, -0.15) is 4.98 Å². The van der Waals surface area contributed by atoms with Crippen LogP contribution in [0.15, 0.2) is 36.5 Å². The first-order valence-corrected chi connectivity index (χ1v) is 10.5. The minimum atomic E-state index is 0.295. The first-order chi connectivity index (χ1) is 14.2. The van der Waals surface area contributed by atoms with Gasteiger partial charge in [0.2, 0.25) is 5.95 Å². The predicted molar refractivity (Wildman–Crippen MR) is 117 cm³/mol. The average Bonchev–Trinajstić information content (AvgIpc) is 3.22. The maximum absolute atomic E-state index is 5.92. The van der Waals surface area contributed by atoms with E-state index in [9.17, 15) is 0 Å². The number of benzene rings is 1. The molecule has 2 saturated heterocycles. The minimum Gasteiger partial charge on any atom is -0.368 e. The molecular formula is C22H29N7. The molecule has 2 aliphatic heterocycles. The van der Waals surface area contributed by atoms with E-state index in [1.54, 1.807) is 0 Å². The first kappa shape index (κ1) is 18.5. The largest absolute Gasteiger partial charge is 0.368 e. The van der Waals surface area contributed by atoms with Gasteiger partial charge in [-0.3, -0.25) is 4.90 Å². The molecule has 2 aliphatic rings. The lowest BCUT2D eigenvalue weighted by atomic mass is 9.95. The molecule has 0 radical (unpaired) electrons. The summed E-state index contributed by atoms with van der Waals surface area (Å²) in [5.74, 6) is 0.295. The summed E-state index contributed by atoms with van der Waals surface area (Å²) in [4.78, 5) is 17.1. The van der Waals surface area contributed by atoms with Crippen LogP contribution in [-0.4, -0.2) is 70.6 Å². The number of likely N-dealkylation sites (tertiary alicyclic amines) is 1. The third-order valence-corrected chi connectivity index (χ3v) is 6.44. The topological polar surface area (TPSA) is 86.1 Å². The van der Waals surface area contributed by atoms with E-state index in [1.807, 2.05) is 12.3 Å². The number of nitrogens with one attached hydrogen (secondary N) is 2. The molecule has 7 nitrogen and oxygen atoms in total. The number of aromatic nitrogens is 3. The van der Waals surface area contributed by atoms with Gasteiger partial charge < -0.3 is 20.9 Å². The maximum Gasteiger partial charge on any atom is 0.222 e. The smallest absolute Gasteiger partial charge is 0.222 e. The van der Waals surface area contributed by atoms with Crippen LogP contribution in [0.5, 0.6) is 0 Å². The Hall–Kier alpha value is -2.48. The Bertz CT molecular complexity index is 972. The third-order valence-electron chi connectivity index (χ3n) is 6.44. The Labute approximate surface area is 171 Å². The fourth-order valence-electron chi connectivity index (χ4n) is 4.83. The Balaban J connectivity index is 1.42. The summed E-state index contributed by atoms with van der Waals surface area (Å²) in [5, 5.41) is 4.59. The van der Waals surface area contributed by atoms with E-state index in [0.717, 1.165) is 41.9 Å². The summed E-state index contributed by atoms with van der Waals surface area (Å²) < 4.78 is 0. The van der Waals surface area contributed by atoms with Crippen molar-refractivity contribution in [2.24, 2.45) is 0 Å². The average molecular weight is 392 g/mol. The number of nitrogen functional groups attached to an aromatic ring is 1. The molecule has 0 saturated carbocycles. The maximum atomic E-state index is 5.92. The van der Waals surface area contributed by atoms with E-state index in [0.29, 0.717) is 18.0 Å². The number of piperazine rings is 1. The van der Waals surface area contributed by atoms with Gasteiger partial charge in [0.05, 0.1) is 5.69 Å². The van der Waals surface area contributed by atoms with Crippen molar-refractivity contribution < 1.29 is 0 Å². The van der Waals surface area contributed by atoms with Gasteiger partial charge in [0.1, 0.15) is 5.65 Å². The van der Waals surface area contributed by atoms with Crippen LogP contribution in [-0.2, 0) is 0 Å². The van der Waals surface area contributed by atoms with E-state index in [-0.39, 0.29) is 0 Å². The first-order valence-electron chi connectivity index (χ1n) is 10.5. The number of rotatable bonds is 3. The lowest BCUT2D eigenvalue weighted by molar-refractivity contribution is 0.0638. The molecule has 4 heterocycles. The van der Waals surface area contributed by atoms with Gasteiger partial charge in [0, 0.05) is 48.9 Å². The molecule has 1 atom stereocenters. The molecule has 152 valence electrons. The molecule has 1 aromatic carbocycles. The second-order valence-corrected chi connectivity index (χ2v) is 8.28. The molecule has 2 aromatic heterocycles. The molecule has 29 heavy (non-hydrogen) atoms. The highest BCUT2D eigenvalue weighted by Gasteiger charge is 2.31. The van der Waals surface area contributed by atoms with Gasteiger partial charge in [-0.05, 0) is 44.6 Å². The van der Waals surface area contributed by atoms with Crippen LogP contribution in [0.3, 0.4) is 0 Å². The van der Waals surface area contributed by atoms with E-state index in [4.69, 9.17) is 5.73 Å². The van der Waals surface area contributed by atoms with E-state index in [2.05, 4.69) is 61.4 Å². The molecule has 2 fully saturated rings. The Morgan fingerprint density at radius 2 is 1.83 bits per heavy atom. The van der Waals surface area contributed by atoms with Crippen molar-refractivity contribution in [1.82, 2.24) is 30.1 Å². The van der Waals surface area contributed by atoms with Crippen LogP contribution < -0.4 is 11.1 Å². The van der Waals surface area contributed by atoms with E-state index >= 15 is 0 Å². The molecule has 1 unspecified atom stereocenters. The number of anilines is 1. The van der Waals surface area contributed by atoms with Gasteiger partial charge >= 0.3 is 0 Å². The van der Waals surface area contributed by atoms with Crippen molar-refractivity contribution in [3.63, 3.8) is 0 Å². The van der Waals surface area contributed by atoms with Crippen molar-refractivity contribution in [2.75, 3.05) is 45.5 Å². The van der Waals surface area contributed by atoms with Crippen molar-refractivity contribution in [3.8, 4) is 11.3 Å². The molecule has 0 aliphatic carbocycles. The summed E-state index contributed by atoms with van der Waals surface area (Å²) in [6, 6.07) is 12.0. The van der Waals surface area contributed by atoms with Crippen molar-refractivity contribution >= 4 is 17.0 Å². The Kier molecular flexibility index (Phi) is 4.95. The summed E-state index contributed by atoms with van der Waals surface area (Å²) in [5.41, 5.74) is 10.0. The molecule has 4 N–H and O–H groups in total. The normalized spacial score (nSPS) is 22.3. The number of hydrogen-bond acceptors (Lipinski definition) is 6. The number of piperidine rings is 1. The number of aromatic amines is 1. The van der Waals surface area contributed by atoms with Crippen molar-refractivity contribution in [3.05, 3.63) is 42.1 Å². The van der Waals surface area contributed by atoms with Gasteiger partial charge in [-0.1, -0.05) is 24.3 Å². The summed E-state index contributed by atoms with van der Waals surface area (Å²) in [6.07, 6.45) is 4.40. The molecule has 0 bridgehead atoms. The predicted octanol–water partition coefficient (Wildman–Crippen LogP) is 2.25. The number of nitrogens with two attached hydrogens (primary N) is 1. The molecule has 7 heteroatoms. The van der Waals surface area contributed by atoms with Crippen LogP contribution in [0.1, 0.15) is 24.4 Å². The number of hydrogen-bond donors (Lipinski definition) is 3. The highest BCUT2D eigenvalue weighted by atomic mass is 15.3. The molecule has 0 spiro atoms. The summed E-state index contributed by atoms with van der Waals surface area (Å²) in [7, 11) is 2.23. The highest BCUT2D eigenvalue weighted by Crippen LogP contribution is 2.31. The second kappa shape index (κ2) is 7.74. The standard InChI is InChI=1S/C22H29N7/c1-28-11-7-17(8-12-28)29-13-10-24-14-19(29)15-2-4-16(5-3-15)20-18-6-9-25-21(18)27-22(23)26-20/h2-6,9,17,19,24H,7-8,10-14H2,1H3,(H3,23,25,26,27). The number of nitrogens with zero attached hydrogens (tertiary/aromatic N) is 4. The summed E-state index contributed by atoms with van der Waals surface area (Å²) in [6.45, 7) is 5.60. The van der Waals surface area contributed by atoms with Crippen LogP contribution in [0.2, 0.25) is 0 Å². The van der Waals surface area contributed by atoms with E-state index < -0.39 is 0 Å². The zero-order valence-corrected chi connectivity index (χ0v) is 16.9. The number of H-pyrrole nitrogens is 1. The third kappa shape index (κ3) is 3.61. The van der Waals surface area contributed by atoms with Crippen LogP contribution in [0.4, 0.5) is 5.95 Å². The fourth-order valence-corrected chi connectivity index (χ4v) is 4.83. The Morgan fingerprint density at radius 3 is 2.62 bits per heavy atom. The van der Waals surface area contributed by atoms with Crippen LogP contribution in [0.25, 0.3) is 22.3 Å². The van der Waals surface area contributed by atoms with Gasteiger partial charge in [-0.15, -0.1) is 0 Å². The minimum absolute atomic E-state index is 0.295.